The Labute approximate surface area is 452 Å². The number of rotatable bonds is 8. The van der Waals surface area contributed by atoms with Crippen LogP contribution in [0.15, 0.2) is 188 Å². The minimum atomic E-state index is -0.517. The summed E-state index contributed by atoms with van der Waals surface area (Å²) in [7, 11) is 0. The number of hydrogen-bond donors (Lipinski definition) is 0. The van der Waals surface area contributed by atoms with E-state index in [1.54, 1.807) is 28.8 Å². The Kier molecular flexibility index (Phi) is 9.72. The third-order valence-electron chi connectivity index (χ3n) is 13.1. The maximum absolute atomic E-state index is 9.44. The molecule has 0 amide bonds. The first-order valence-corrected chi connectivity index (χ1v) is 23.8. The minimum Gasteiger partial charge on any atom is -0.510 e. The van der Waals surface area contributed by atoms with Crippen LogP contribution in [0.2, 0.25) is 0 Å². The van der Waals surface area contributed by atoms with E-state index in [1.165, 1.54) is 0 Å². The van der Waals surface area contributed by atoms with E-state index >= 15 is 0 Å². The Bertz CT molecular complexity index is 4350. The summed E-state index contributed by atoms with van der Waals surface area (Å²) in [6.07, 6.45) is 5.45. The summed E-state index contributed by atoms with van der Waals surface area (Å²) >= 11 is 0. The van der Waals surface area contributed by atoms with Crippen LogP contribution in [0.1, 0.15) is 92.7 Å². The molecule has 0 saturated heterocycles. The third kappa shape index (κ3) is 9.12. The van der Waals surface area contributed by atoms with Crippen molar-refractivity contribution >= 4 is 32.8 Å². The molecule has 8 aromatic carbocycles. The Morgan fingerprint density at radius 2 is 1.18 bits per heavy atom. The van der Waals surface area contributed by atoms with Gasteiger partial charge in [0.25, 0.3) is 6.33 Å². The van der Waals surface area contributed by atoms with Gasteiger partial charge in [-0.3, -0.25) is 4.57 Å². The second kappa shape index (κ2) is 18.7. The number of imidazole rings is 1. The fourth-order valence-electron chi connectivity index (χ4n) is 9.18. The molecular weight excluding hydrogens is 1060 g/mol. The second-order valence-electron chi connectivity index (χ2n) is 21.1. The summed E-state index contributed by atoms with van der Waals surface area (Å²) in [6.45, 7) is 19.1. The molecule has 0 unspecified atom stereocenters. The largest absolute Gasteiger partial charge is 0.510 e. The van der Waals surface area contributed by atoms with Gasteiger partial charge in [-0.05, 0) is 102 Å². The first-order valence-electron chi connectivity index (χ1n) is 28.8. The molecule has 0 aliphatic heterocycles. The average Bonchev–Trinajstić information content (AvgIpc) is 3.98. The van der Waals surface area contributed by atoms with Gasteiger partial charge in [-0.15, -0.1) is 29.7 Å². The van der Waals surface area contributed by atoms with E-state index in [-0.39, 0.29) is 67.2 Å². The molecular formula is C66H58N4OPt-2. The fraction of sp³-hybridized carbons (Fsp3) is 0.182. The van der Waals surface area contributed by atoms with Crippen molar-refractivity contribution in [3.05, 3.63) is 223 Å². The molecule has 3 aromatic heterocycles. The van der Waals surface area contributed by atoms with Crippen LogP contribution in [-0.4, -0.2) is 14.1 Å². The van der Waals surface area contributed by atoms with Crippen LogP contribution in [0.5, 0.6) is 11.5 Å². The van der Waals surface area contributed by atoms with Crippen LogP contribution in [0, 0.1) is 18.5 Å². The first-order chi connectivity index (χ1) is 38.2. The standard InChI is InChI=1S/C66H58N4O.Pt/c1-64(2,3)48-25-18-24-47(36-48)57-39-50(66(7,8)9)38-56(45-22-14-11-15-23-45)63(57)69-43-68(61-37-46(30-33-59(61)69)44-20-12-10-13-21-44)51-26-19-27-52(41-51)71-53-31-32-55-54-28-16-17-29-58(54)70(60(55)42-53)62-40-49(34-35-67-62)65(4,5)6;/h10-40H,1-9H3;/q-2;/i10D,11D,12D,13D,14D,15D,20D,21D,22D,23D;. The summed E-state index contributed by atoms with van der Waals surface area (Å²) in [4.78, 5) is 4.84. The molecule has 360 valence electrons. The molecule has 3 heterocycles. The molecule has 0 spiro atoms. The van der Waals surface area contributed by atoms with Gasteiger partial charge in [-0.1, -0.05) is 195 Å². The van der Waals surface area contributed by atoms with Crippen molar-refractivity contribution in [3.8, 4) is 62.1 Å². The zero-order valence-corrected chi connectivity index (χ0v) is 43.9. The molecule has 0 fully saturated rings. The van der Waals surface area contributed by atoms with Gasteiger partial charge in [0.2, 0.25) is 0 Å². The van der Waals surface area contributed by atoms with Crippen molar-refractivity contribution in [3.63, 3.8) is 0 Å². The average molecular weight is 1130 g/mol. The molecule has 0 aliphatic rings. The van der Waals surface area contributed by atoms with E-state index in [9.17, 15) is 2.74 Å². The molecule has 72 heavy (non-hydrogen) atoms. The van der Waals surface area contributed by atoms with E-state index in [0.717, 1.165) is 49.9 Å². The van der Waals surface area contributed by atoms with Crippen LogP contribution in [0.3, 0.4) is 0 Å². The predicted molar refractivity (Wildman–Crippen MR) is 292 cm³/mol. The minimum absolute atomic E-state index is 0. The van der Waals surface area contributed by atoms with Crippen molar-refractivity contribution in [2.45, 2.75) is 78.6 Å². The smallest absolute Gasteiger partial charge is 0.268 e. The van der Waals surface area contributed by atoms with E-state index in [1.807, 2.05) is 71.4 Å². The number of fused-ring (bicyclic) bond motifs is 4. The Morgan fingerprint density at radius 1 is 0.528 bits per heavy atom. The summed E-state index contributed by atoms with van der Waals surface area (Å²) in [5, 5.41) is 2.00. The van der Waals surface area contributed by atoms with Crippen LogP contribution >= 0.6 is 0 Å². The zero-order chi connectivity index (χ0) is 57.9. The monoisotopic (exact) mass is 1130 g/mol. The number of aromatic nitrogens is 4. The molecule has 6 heteroatoms. The molecule has 0 bridgehead atoms. The fourth-order valence-corrected chi connectivity index (χ4v) is 9.18. The van der Waals surface area contributed by atoms with Crippen molar-refractivity contribution in [2.75, 3.05) is 0 Å². The Balaban J connectivity index is 0.00000753. The van der Waals surface area contributed by atoms with E-state index in [2.05, 4.69) is 122 Å². The maximum Gasteiger partial charge on any atom is 0.268 e. The van der Waals surface area contributed by atoms with Gasteiger partial charge in [-0.25, -0.2) is 4.98 Å². The first kappa shape index (κ1) is 37.4. The van der Waals surface area contributed by atoms with Crippen molar-refractivity contribution in [1.29, 1.82) is 0 Å². The molecule has 11 aromatic rings. The maximum atomic E-state index is 9.44. The summed E-state index contributed by atoms with van der Waals surface area (Å²) in [5.74, 6) is 1.49. The van der Waals surface area contributed by atoms with Gasteiger partial charge >= 0.3 is 0 Å². The molecule has 0 aliphatic carbocycles. The second-order valence-corrected chi connectivity index (χ2v) is 21.1. The number of hydrogen-bond acceptors (Lipinski definition) is 2. The number of ether oxygens (including phenoxy) is 1. The van der Waals surface area contributed by atoms with Gasteiger partial charge in [0.05, 0.1) is 30.4 Å². The number of para-hydroxylation sites is 1. The predicted octanol–water partition coefficient (Wildman–Crippen LogP) is 16.5. The molecule has 0 saturated carbocycles. The van der Waals surface area contributed by atoms with Crippen molar-refractivity contribution in [1.82, 2.24) is 14.1 Å². The summed E-state index contributed by atoms with van der Waals surface area (Å²) < 4.78 is 101. The van der Waals surface area contributed by atoms with Crippen LogP contribution in [0.25, 0.3) is 83.4 Å². The topological polar surface area (TPSA) is 35.9 Å². The third-order valence-corrected chi connectivity index (χ3v) is 13.1. The normalized spacial score (nSPS) is 14.1. The summed E-state index contributed by atoms with van der Waals surface area (Å²) in [6, 6.07) is 41.6. The quantitative estimate of drug-likeness (QED) is 0.112. The zero-order valence-electron chi connectivity index (χ0n) is 51.6. The molecule has 0 N–H and O–H groups in total. The van der Waals surface area contributed by atoms with Crippen molar-refractivity contribution < 1.29 is 44.1 Å². The number of pyridine rings is 1. The van der Waals surface area contributed by atoms with Crippen molar-refractivity contribution in [2.24, 2.45) is 0 Å². The van der Waals surface area contributed by atoms with Gasteiger partial charge in [0, 0.05) is 44.3 Å². The molecule has 11 rings (SSSR count). The summed E-state index contributed by atoms with van der Waals surface area (Å²) in [5.41, 5.74) is 7.97. The van der Waals surface area contributed by atoms with E-state index in [4.69, 9.17) is 20.7 Å². The number of nitrogens with zero attached hydrogens (tertiary/aromatic N) is 4. The van der Waals surface area contributed by atoms with E-state index in [0.29, 0.717) is 50.6 Å². The van der Waals surface area contributed by atoms with E-state index < -0.39 is 41.7 Å². The van der Waals surface area contributed by atoms with Crippen LogP contribution in [-0.2, 0) is 37.3 Å². The SMILES string of the molecule is [2H]c1c([2H])c([2H])c(-c2ccc3c(c2)n(-c2[c-]c(Oc4[c-]c5c(cc4)c4ccccc4n5-c4cc(C(C)(C)C)ccn4)ccc2)[c-][n+]3-c2c(-c3cccc(C(C)(C)C)c3)cc(C(C)(C)C)cc2-c2c([2H])c([2H])c([2H])c([2H])c2[2H])c([2H])c1[2H].[Pt]. The van der Waals surface area contributed by atoms with Gasteiger partial charge in [0.1, 0.15) is 5.82 Å². The van der Waals surface area contributed by atoms with Gasteiger partial charge < -0.3 is 13.9 Å². The van der Waals surface area contributed by atoms with Gasteiger partial charge in [-0.2, -0.15) is 18.2 Å². The van der Waals surface area contributed by atoms with Gasteiger partial charge in [0.15, 0.2) is 0 Å². The Morgan fingerprint density at radius 3 is 1.90 bits per heavy atom. The molecule has 0 radical (unpaired) electrons. The number of benzene rings is 8. The Hall–Kier alpha value is -7.33. The molecule has 5 nitrogen and oxygen atoms in total. The van der Waals surface area contributed by atoms with Crippen LogP contribution in [0.4, 0.5) is 0 Å². The molecule has 0 atom stereocenters. The van der Waals surface area contributed by atoms with Crippen LogP contribution < -0.4 is 9.30 Å².